The molecule has 0 amide bonds. The Hall–Kier alpha value is -0.610. The lowest BCUT2D eigenvalue weighted by molar-refractivity contribution is -0.140. The van der Waals surface area contributed by atoms with Crippen LogP contribution in [0, 0.1) is 0 Å². The van der Waals surface area contributed by atoms with Crippen LogP contribution < -0.4 is 10.6 Å². The molecule has 1 rings (SSSR count). The van der Waals surface area contributed by atoms with Gasteiger partial charge in [0.25, 0.3) is 0 Å². The summed E-state index contributed by atoms with van der Waals surface area (Å²) < 4.78 is 4.60. The molecular formula is C13H26N2O2. The maximum absolute atomic E-state index is 10.9. The summed E-state index contributed by atoms with van der Waals surface area (Å²) in [6, 6.07) is 1.19. The van der Waals surface area contributed by atoms with E-state index in [1.54, 1.807) is 0 Å². The van der Waals surface area contributed by atoms with E-state index in [1.807, 2.05) is 0 Å². The first-order chi connectivity index (χ1) is 8.22. The lowest BCUT2D eigenvalue weighted by Crippen LogP contribution is -2.40. The zero-order valence-electron chi connectivity index (χ0n) is 11.1. The largest absolute Gasteiger partial charge is 0.469 e. The van der Waals surface area contributed by atoms with Crippen LogP contribution in [0.15, 0.2) is 0 Å². The highest BCUT2D eigenvalue weighted by Gasteiger charge is 2.15. The van der Waals surface area contributed by atoms with Gasteiger partial charge in [0.15, 0.2) is 0 Å². The fraction of sp³-hybridized carbons (Fsp3) is 0.923. The molecule has 0 aromatic rings. The van der Waals surface area contributed by atoms with Crippen LogP contribution in [0.4, 0.5) is 0 Å². The average Bonchev–Trinajstić information content (AvgIpc) is 2.35. The van der Waals surface area contributed by atoms with Crippen molar-refractivity contribution >= 4 is 5.97 Å². The van der Waals surface area contributed by atoms with Gasteiger partial charge in [0.1, 0.15) is 0 Å². The zero-order valence-corrected chi connectivity index (χ0v) is 11.1. The molecule has 2 atom stereocenters. The normalized spacial score (nSPS) is 22.1. The van der Waals surface area contributed by atoms with E-state index in [-0.39, 0.29) is 5.97 Å². The second-order valence-electron chi connectivity index (χ2n) is 4.92. The maximum atomic E-state index is 10.9. The number of esters is 1. The molecule has 2 unspecified atom stereocenters. The Morgan fingerprint density at radius 3 is 3.00 bits per heavy atom. The van der Waals surface area contributed by atoms with Gasteiger partial charge in [-0.05, 0) is 45.7 Å². The minimum absolute atomic E-state index is 0.117. The predicted molar refractivity (Wildman–Crippen MR) is 69.0 cm³/mol. The van der Waals surface area contributed by atoms with Gasteiger partial charge in [0.2, 0.25) is 0 Å². The Morgan fingerprint density at radius 1 is 1.53 bits per heavy atom. The van der Waals surface area contributed by atoms with Crippen molar-refractivity contribution in [1.82, 2.24) is 10.6 Å². The number of ether oxygens (including phenoxy) is 1. The molecule has 17 heavy (non-hydrogen) atoms. The predicted octanol–water partition coefficient (Wildman–Crippen LogP) is 1.45. The molecule has 4 heteroatoms. The molecule has 1 aliphatic heterocycles. The summed E-state index contributed by atoms with van der Waals surface area (Å²) >= 11 is 0. The van der Waals surface area contributed by atoms with E-state index in [0.717, 1.165) is 13.0 Å². The van der Waals surface area contributed by atoms with Crippen LogP contribution >= 0.6 is 0 Å². The minimum Gasteiger partial charge on any atom is -0.469 e. The zero-order chi connectivity index (χ0) is 12.5. The number of carbonyl (C=O) groups is 1. The topological polar surface area (TPSA) is 50.4 Å². The third kappa shape index (κ3) is 6.64. The molecule has 0 aromatic carbocycles. The van der Waals surface area contributed by atoms with Gasteiger partial charge in [-0.1, -0.05) is 6.42 Å². The van der Waals surface area contributed by atoms with Gasteiger partial charge < -0.3 is 15.4 Å². The van der Waals surface area contributed by atoms with E-state index >= 15 is 0 Å². The molecule has 0 bridgehead atoms. The summed E-state index contributed by atoms with van der Waals surface area (Å²) in [6.07, 6.45) is 6.52. The van der Waals surface area contributed by atoms with Crippen molar-refractivity contribution in [1.29, 1.82) is 0 Å². The molecule has 100 valence electrons. The van der Waals surface area contributed by atoms with Crippen LogP contribution in [-0.4, -0.2) is 38.3 Å². The van der Waals surface area contributed by atoms with E-state index < -0.39 is 0 Å². The van der Waals surface area contributed by atoms with E-state index in [1.165, 1.54) is 39.3 Å². The van der Waals surface area contributed by atoms with Gasteiger partial charge >= 0.3 is 5.97 Å². The Kier molecular flexibility index (Phi) is 7.21. The van der Waals surface area contributed by atoms with Gasteiger partial charge in [0, 0.05) is 18.5 Å². The first kappa shape index (κ1) is 14.5. The summed E-state index contributed by atoms with van der Waals surface area (Å²) in [6.45, 7) is 4.27. The summed E-state index contributed by atoms with van der Waals surface area (Å²) in [5, 5.41) is 7.02. The quantitative estimate of drug-likeness (QED) is 0.524. The maximum Gasteiger partial charge on any atom is 0.305 e. The molecule has 1 saturated heterocycles. The van der Waals surface area contributed by atoms with Crippen molar-refractivity contribution in [2.24, 2.45) is 0 Å². The lowest BCUT2D eigenvalue weighted by Gasteiger charge is -2.26. The lowest BCUT2D eigenvalue weighted by atomic mass is 9.99. The number of nitrogens with one attached hydrogen (secondary N) is 2. The van der Waals surface area contributed by atoms with Gasteiger partial charge in [-0.15, -0.1) is 0 Å². The molecule has 0 saturated carbocycles. The summed E-state index contributed by atoms with van der Waals surface area (Å²) in [5.74, 6) is -0.117. The minimum atomic E-state index is -0.117. The molecule has 1 heterocycles. The van der Waals surface area contributed by atoms with Crippen molar-refractivity contribution < 1.29 is 9.53 Å². The van der Waals surface area contributed by atoms with E-state index in [9.17, 15) is 4.79 Å². The van der Waals surface area contributed by atoms with E-state index in [0.29, 0.717) is 18.5 Å². The summed E-state index contributed by atoms with van der Waals surface area (Å²) in [5.41, 5.74) is 0. The third-order valence-electron chi connectivity index (χ3n) is 3.33. The van der Waals surface area contributed by atoms with Gasteiger partial charge in [-0.25, -0.2) is 0 Å². The Balaban J connectivity index is 2.00. The number of hydrogen-bond acceptors (Lipinski definition) is 4. The molecule has 1 fully saturated rings. The highest BCUT2D eigenvalue weighted by atomic mass is 16.5. The Labute approximate surface area is 104 Å². The van der Waals surface area contributed by atoms with Crippen LogP contribution in [-0.2, 0) is 9.53 Å². The third-order valence-corrected chi connectivity index (χ3v) is 3.33. The van der Waals surface area contributed by atoms with Crippen molar-refractivity contribution in [3.8, 4) is 0 Å². The van der Waals surface area contributed by atoms with Crippen LogP contribution in [0.2, 0.25) is 0 Å². The molecule has 2 N–H and O–H groups in total. The van der Waals surface area contributed by atoms with Crippen LogP contribution in [0.25, 0.3) is 0 Å². The van der Waals surface area contributed by atoms with Crippen LogP contribution in [0.5, 0.6) is 0 Å². The summed E-state index contributed by atoms with van der Waals surface area (Å²) in [4.78, 5) is 10.9. The molecule has 1 aliphatic rings. The molecule has 0 spiro atoms. The van der Waals surface area contributed by atoms with E-state index in [2.05, 4.69) is 22.3 Å². The molecule has 0 radical (unpaired) electrons. The van der Waals surface area contributed by atoms with Crippen LogP contribution in [0.1, 0.15) is 45.4 Å². The second kappa shape index (κ2) is 8.48. The van der Waals surface area contributed by atoms with Crippen molar-refractivity contribution in [2.45, 2.75) is 57.5 Å². The number of carbonyl (C=O) groups excluding carboxylic acids is 1. The van der Waals surface area contributed by atoms with Gasteiger partial charge in [-0.3, -0.25) is 4.79 Å². The highest BCUT2D eigenvalue weighted by molar-refractivity contribution is 5.69. The fourth-order valence-electron chi connectivity index (χ4n) is 2.32. The molecule has 0 aromatic heterocycles. The van der Waals surface area contributed by atoms with Crippen molar-refractivity contribution in [3.05, 3.63) is 0 Å². The fourth-order valence-corrected chi connectivity index (χ4v) is 2.32. The number of hydrogen-bond donors (Lipinski definition) is 2. The summed E-state index contributed by atoms with van der Waals surface area (Å²) in [7, 11) is 1.44. The molecule has 0 aliphatic carbocycles. The first-order valence-electron chi connectivity index (χ1n) is 6.76. The Morgan fingerprint density at radius 2 is 2.35 bits per heavy atom. The monoisotopic (exact) mass is 242 g/mol. The van der Waals surface area contributed by atoms with Gasteiger partial charge in [-0.2, -0.15) is 0 Å². The van der Waals surface area contributed by atoms with Gasteiger partial charge in [0.05, 0.1) is 7.11 Å². The number of piperidine rings is 1. The SMILES string of the molecule is COC(=O)CCCNC(C)CC1CCCCN1. The average molecular weight is 242 g/mol. The first-order valence-corrected chi connectivity index (χ1v) is 6.76. The van der Waals surface area contributed by atoms with Crippen LogP contribution in [0.3, 0.4) is 0 Å². The molecular weight excluding hydrogens is 216 g/mol. The van der Waals surface area contributed by atoms with Crippen molar-refractivity contribution in [3.63, 3.8) is 0 Å². The second-order valence-corrected chi connectivity index (χ2v) is 4.92. The Bertz CT molecular complexity index is 215. The van der Waals surface area contributed by atoms with Crippen molar-refractivity contribution in [2.75, 3.05) is 20.2 Å². The molecule has 4 nitrogen and oxygen atoms in total. The van der Waals surface area contributed by atoms with E-state index in [4.69, 9.17) is 0 Å². The number of methoxy groups -OCH3 is 1. The highest BCUT2D eigenvalue weighted by Crippen LogP contribution is 2.11. The smallest absolute Gasteiger partial charge is 0.305 e. The number of rotatable bonds is 7. The standard InChI is InChI=1S/C13H26N2O2/c1-11(10-12-6-3-4-8-15-12)14-9-5-7-13(16)17-2/h11-12,14-15H,3-10H2,1-2H3.